The van der Waals surface area contributed by atoms with Crippen molar-refractivity contribution in [3.05, 3.63) is 66.0 Å². The lowest BCUT2D eigenvalue weighted by molar-refractivity contribution is -0.683. The third-order valence-electron chi connectivity index (χ3n) is 3.09. The van der Waals surface area contributed by atoms with Crippen molar-refractivity contribution in [1.29, 1.82) is 0 Å². The molecule has 4 heteroatoms. The minimum Gasteiger partial charge on any atom is -0.302 e. The van der Waals surface area contributed by atoms with E-state index in [0.29, 0.717) is 17.7 Å². The number of hydrogen-bond acceptors (Lipinski definition) is 3. The number of Topliss-reactive ketones (excluding diaryl/α,β-unsaturated/α-hetero) is 2. The lowest BCUT2D eigenvalue weighted by atomic mass is 10.1. The summed E-state index contributed by atoms with van der Waals surface area (Å²) in [5, 5.41) is 0. The Morgan fingerprint density at radius 3 is 2.05 bits per heavy atom. The van der Waals surface area contributed by atoms with E-state index in [0.717, 1.165) is 0 Å². The predicted octanol–water partition coefficient (Wildman–Crippen LogP) is 1.60. The number of carbonyl (C=O) groups is 2. The van der Waals surface area contributed by atoms with E-state index in [-0.39, 0.29) is 18.1 Å². The van der Waals surface area contributed by atoms with Gasteiger partial charge in [-0.1, -0.05) is 30.3 Å². The molecule has 0 aliphatic carbocycles. The second kappa shape index (κ2) is 6.90. The first kappa shape index (κ1) is 15.1. The number of benzene rings is 1. The van der Waals surface area contributed by atoms with Gasteiger partial charge in [0.1, 0.15) is 0 Å². The Bertz CT molecular complexity index is 619. The van der Waals surface area contributed by atoms with Crippen LogP contribution in [0.3, 0.4) is 0 Å². The Morgan fingerprint density at radius 1 is 0.905 bits per heavy atom. The van der Waals surface area contributed by atoms with Crippen molar-refractivity contribution in [3.8, 4) is 0 Å². The maximum Gasteiger partial charge on any atom is 0.227 e. The van der Waals surface area contributed by atoms with Gasteiger partial charge in [-0.15, -0.1) is 0 Å². The van der Waals surface area contributed by atoms with Crippen LogP contribution in [0.5, 0.6) is 0 Å². The molecule has 1 heterocycles. The van der Waals surface area contributed by atoms with Gasteiger partial charge in [-0.3, -0.25) is 9.59 Å². The zero-order valence-corrected chi connectivity index (χ0v) is 12.3. The van der Waals surface area contributed by atoms with Crippen LogP contribution >= 0.6 is 0 Å². The molecule has 0 fully saturated rings. The minimum atomic E-state index is 0.0490. The number of hydrogen-bond donors (Lipinski definition) is 0. The molecule has 0 aliphatic rings. The molecule has 2 aromatic rings. The zero-order valence-electron chi connectivity index (χ0n) is 12.3. The molecule has 0 bridgehead atoms. The SMILES string of the molecule is CN(C)CC(=O)c1cc[n+](CC(=O)c2ccccc2)cc1. The van der Waals surface area contributed by atoms with Gasteiger partial charge in [0, 0.05) is 23.3 Å². The normalized spacial score (nSPS) is 10.6. The number of ketones is 2. The highest BCUT2D eigenvalue weighted by Crippen LogP contribution is 2.01. The first-order chi connectivity index (χ1) is 10.1. The largest absolute Gasteiger partial charge is 0.302 e. The second-order valence-corrected chi connectivity index (χ2v) is 5.21. The van der Waals surface area contributed by atoms with Gasteiger partial charge in [0.2, 0.25) is 12.3 Å². The fourth-order valence-corrected chi connectivity index (χ4v) is 2.01. The summed E-state index contributed by atoms with van der Waals surface area (Å²) in [6.07, 6.45) is 3.54. The highest BCUT2D eigenvalue weighted by Gasteiger charge is 2.13. The summed E-state index contributed by atoms with van der Waals surface area (Å²) in [5.41, 5.74) is 1.35. The van der Waals surface area contributed by atoms with Crippen LogP contribution in [0.2, 0.25) is 0 Å². The molecule has 1 aromatic heterocycles. The minimum absolute atomic E-state index is 0.0490. The van der Waals surface area contributed by atoms with Gasteiger partial charge in [0.25, 0.3) is 0 Å². The molecule has 1 aromatic carbocycles. The molecular formula is C17H19N2O2+. The van der Waals surface area contributed by atoms with Crippen LogP contribution in [0, 0.1) is 0 Å². The molecule has 0 unspecified atom stereocenters. The maximum atomic E-state index is 12.1. The average Bonchev–Trinajstić information content (AvgIpc) is 2.48. The van der Waals surface area contributed by atoms with E-state index in [1.807, 2.05) is 37.2 Å². The third kappa shape index (κ3) is 4.33. The summed E-state index contributed by atoms with van der Waals surface area (Å²) in [4.78, 5) is 25.8. The number of rotatable bonds is 6. The Labute approximate surface area is 124 Å². The Balaban J connectivity index is 2.03. The van der Waals surface area contributed by atoms with Gasteiger partial charge in [-0.2, -0.15) is 4.57 Å². The monoisotopic (exact) mass is 283 g/mol. The first-order valence-electron chi connectivity index (χ1n) is 6.81. The summed E-state index contributed by atoms with van der Waals surface area (Å²) in [6, 6.07) is 12.7. The number of aromatic nitrogens is 1. The second-order valence-electron chi connectivity index (χ2n) is 5.21. The molecule has 4 nitrogen and oxygen atoms in total. The van der Waals surface area contributed by atoms with Gasteiger partial charge in [0.05, 0.1) is 6.54 Å². The highest BCUT2D eigenvalue weighted by molar-refractivity contribution is 5.97. The van der Waals surface area contributed by atoms with Crippen molar-refractivity contribution in [3.63, 3.8) is 0 Å². The van der Waals surface area contributed by atoms with Gasteiger partial charge in [-0.25, -0.2) is 0 Å². The number of likely N-dealkylation sites (N-methyl/N-ethyl adjacent to an activating group) is 1. The molecule has 0 saturated carbocycles. The average molecular weight is 283 g/mol. The van der Waals surface area contributed by atoms with Crippen LogP contribution in [0.15, 0.2) is 54.9 Å². The van der Waals surface area contributed by atoms with Crippen molar-refractivity contribution in [1.82, 2.24) is 4.90 Å². The topological polar surface area (TPSA) is 41.3 Å². The summed E-state index contributed by atoms with van der Waals surface area (Å²) < 4.78 is 1.78. The van der Waals surface area contributed by atoms with Crippen LogP contribution in [-0.4, -0.2) is 37.1 Å². The van der Waals surface area contributed by atoms with E-state index in [4.69, 9.17) is 0 Å². The molecule has 0 N–H and O–H groups in total. The van der Waals surface area contributed by atoms with Gasteiger partial charge >= 0.3 is 0 Å². The van der Waals surface area contributed by atoms with Crippen LogP contribution in [-0.2, 0) is 6.54 Å². The van der Waals surface area contributed by atoms with Gasteiger partial charge in [0.15, 0.2) is 18.2 Å². The molecule has 108 valence electrons. The highest BCUT2D eigenvalue weighted by atomic mass is 16.1. The van der Waals surface area contributed by atoms with E-state index >= 15 is 0 Å². The molecule has 0 spiro atoms. The van der Waals surface area contributed by atoms with Crippen molar-refractivity contribution in [2.75, 3.05) is 20.6 Å². The summed E-state index contributed by atoms with van der Waals surface area (Å²) in [6.45, 7) is 0.652. The molecule has 0 saturated heterocycles. The fraction of sp³-hybridized carbons (Fsp3) is 0.235. The van der Waals surface area contributed by atoms with E-state index in [1.54, 1.807) is 41.2 Å². The zero-order chi connectivity index (χ0) is 15.2. The number of nitrogens with zero attached hydrogens (tertiary/aromatic N) is 2. The van der Waals surface area contributed by atoms with E-state index in [9.17, 15) is 9.59 Å². The van der Waals surface area contributed by atoms with Crippen LogP contribution in [0.1, 0.15) is 20.7 Å². The number of carbonyl (C=O) groups excluding carboxylic acids is 2. The van der Waals surface area contributed by atoms with E-state index in [2.05, 4.69) is 0 Å². The molecule has 0 radical (unpaired) electrons. The molecule has 21 heavy (non-hydrogen) atoms. The van der Waals surface area contributed by atoms with Gasteiger partial charge < -0.3 is 4.90 Å². The van der Waals surface area contributed by atoms with Crippen LogP contribution < -0.4 is 4.57 Å². The van der Waals surface area contributed by atoms with Crippen molar-refractivity contribution in [2.24, 2.45) is 0 Å². The van der Waals surface area contributed by atoms with Crippen LogP contribution in [0.25, 0.3) is 0 Å². The summed E-state index contributed by atoms with van der Waals surface area (Å²) in [5.74, 6) is 0.120. The van der Waals surface area contributed by atoms with E-state index in [1.165, 1.54) is 0 Å². The van der Waals surface area contributed by atoms with Crippen molar-refractivity contribution < 1.29 is 14.2 Å². The molecule has 0 aliphatic heterocycles. The molecular weight excluding hydrogens is 264 g/mol. The predicted molar refractivity (Wildman–Crippen MR) is 80.3 cm³/mol. The maximum absolute atomic E-state index is 12.1. The smallest absolute Gasteiger partial charge is 0.227 e. The van der Waals surface area contributed by atoms with Gasteiger partial charge in [-0.05, 0) is 14.1 Å². The lowest BCUT2D eigenvalue weighted by Gasteiger charge is -2.07. The first-order valence-corrected chi connectivity index (χ1v) is 6.81. The van der Waals surface area contributed by atoms with E-state index < -0.39 is 0 Å². The quantitative estimate of drug-likeness (QED) is 0.597. The Hall–Kier alpha value is -2.33. The molecule has 0 atom stereocenters. The Kier molecular flexibility index (Phi) is 4.95. The van der Waals surface area contributed by atoms with Crippen molar-refractivity contribution in [2.45, 2.75) is 6.54 Å². The lowest BCUT2D eigenvalue weighted by Crippen LogP contribution is -2.37. The number of pyridine rings is 1. The fourth-order valence-electron chi connectivity index (χ4n) is 2.01. The summed E-state index contributed by atoms with van der Waals surface area (Å²) in [7, 11) is 3.72. The standard InChI is InChI=1S/C17H19N2O2/c1-18(2)12-16(20)15-8-10-19(11-9-15)13-17(21)14-6-4-3-5-7-14/h3-11H,12-13H2,1-2H3/q+1. The molecule has 0 amide bonds. The van der Waals surface area contributed by atoms with Crippen molar-refractivity contribution >= 4 is 11.6 Å². The summed E-state index contributed by atoms with van der Waals surface area (Å²) >= 11 is 0. The molecule has 2 rings (SSSR count). The van der Waals surface area contributed by atoms with Crippen LogP contribution in [0.4, 0.5) is 0 Å². The Morgan fingerprint density at radius 2 is 1.48 bits per heavy atom. The third-order valence-corrected chi connectivity index (χ3v) is 3.09.